The Hall–Kier alpha value is -1.39. The van der Waals surface area contributed by atoms with Crippen molar-refractivity contribution in [3.8, 4) is 0 Å². The first-order valence-electron chi connectivity index (χ1n) is 8.68. The first kappa shape index (κ1) is 18.9. The molecule has 1 aliphatic carbocycles. The van der Waals surface area contributed by atoms with Crippen molar-refractivity contribution in [1.82, 2.24) is 0 Å². The van der Waals surface area contributed by atoms with Crippen molar-refractivity contribution in [2.75, 3.05) is 0 Å². The maximum absolute atomic E-state index is 12.3. The van der Waals surface area contributed by atoms with Gasteiger partial charge in [-0.1, -0.05) is 30.3 Å². The first-order valence-corrected chi connectivity index (χ1v) is 8.68. The number of benzene rings is 1. The number of carbonyl (C=O) groups is 1. The maximum atomic E-state index is 12.3. The molecule has 1 saturated carbocycles. The van der Waals surface area contributed by atoms with Crippen LogP contribution in [0.25, 0.3) is 0 Å². The molecule has 0 bridgehead atoms. The van der Waals surface area contributed by atoms with Crippen LogP contribution in [0.5, 0.6) is 0 Å². The van der Waals surface area contributed by atoms with E-state index in [0.717, 1.165) is 12.0 Å². The van der Waals surface area contributed by atoms with Crippen LogP contribution in [0.15, 0.2) is 30.3 Å². The molecule has 0 radical (unpaired) electrons. The van der Waals surface area contributed by atoms with Gasteiger partial charge >= 0.3 is 5.97 Å². The number of esters is 1. The minimum atomic E-state index is -0.633. The fraction of sp³-hybridized carbons (Fsp3) is 0.650. The highest BCUT2D eigenvalue weighted by Gasteiger charge is 2.50. The van der Waals surface area contributed by atoms with Crippen LogP contribution in [0, 0.1) is 11.3 Å². The van der Waals surface area contributed by atoms with E-state index >= 15 is 0 Å². The molecule has 0 aliphatic heterocycles. The van der Waals surface area contributed by atoms with E-state index in [4.69, 9.17) is 9.47 Å². The van der Waals surface area contributed by atoms with Gasteiger partial charge in [-0.05, 0) is 58.9 Å². The Morgan fingerprint density at radius 1 is 1.33 bits per heavy atom. The topological polar surface area (TPSA) is 55.8 Å². The van der Waals surface area contributed by atoms with E-state index in [1.54, 1.807) is 0 Å². The molecule has 24 heavy (non-hydrogen) atoms. The SMILES string of the molecule is C[C@H](OCc1ccccc1)[C@H](C[C@H]1C[C@@]1(C)O)OC(=O)C(C)(C)C. The fourth-order valence-electron chi connectivity index (χ4n) is 2.62. The molecule has 0 spiro atoms. The van der Waals surface area contributed by atoms with Crippen molar-refractivity contribution in [2.24, 2.45) is 11.3 Å². The van der Waals surface area contributed by atoms with Gasteiger partial charge in [-0.2, -0.15) is 0 Å². The number of hydrogen-bond acceptors (Lipinski definition) is 4. The first-order chi connectivity index (χ1) is 11.1. The molecule has 4 atom stereocenters. The summed E-state index contributed by atoms with van der Waals surface area (Å²) in [6, 6.07) is 9.93. The Labute approximate surface area is 145 Å². The van der Waals surface area contributed by atoms with E-state index in [2.05, 4.69) is 0 Å². The lowest BCUT2D eigenvalue weighted by molar-refractivity contribution is -0.168. The monoisotopic (exact) mass is 334 g/mol. The van der Waals surface area contributed by atoms with Gasteiger partial charge in [-0.25, -0.2) is 0 Å². The molecule has 1 N–H and O–H groups in total. The lowest BCUT2D eigenvalue weighted by atomic mass is 9.97. The van der Waals surface area contributed by atoms with Gasteiger partial charge < -0.3 is 14.6 Å². The van der Waals surface area contributed by atoms with Crippen molar-refractivity contribution in [3.63, 3.8) is 0 Å². The molecular formula is C20H30O4. The summed E-state index contributed by atoms with van der Waals surface area (Å²) in [5, 5.41) is 10.0. The minimum absolute atomic E-state index is 0.165. The predicted octanol–water partition coefficient (Wildman–Crippen LogP) is 3.71. The average molecular weight is 334 g/mol. The van der Waals surface area contributed by atoms with Gasteiger partial charge in [0.15, 0.2) is 0 Å². The zero-order valence-electron chi connectivity index (χ0n) is 15.4. The zero-order valence-corrected chi connectivity index (χ0v) is 15.4. The molecule has 1 fully saturated rings. The molecule has 0 heterocycles. The Bertz CT molecular complexity index is 545. The third-order valence-corrected chi connectivity index (χ3v) is 4.65. The van der Waals surface area contributed by atoms with E-state index in [9.17, 15) is 9.90 Å². The molecule has 0 unspecified atom stereocenters. The standard InChI is InChI=1S/C20H30O4/c1-14(23-13-15-9-7-6-8-10-15)17(11-16-12-20(16,5)22)24-18(21)19(2,3)4/h6-10,14,16-17,22H,11-13H2,1-5H3/t14-,16-,17-,20+/m0/s1. The second kappa shape index (κ2) is 7.24. The number of hydrogen-bond donors (Lipinski definition) is 1. The van der Waals surface area contributed by atoms with Crippen LogP contribution < -0.4 is 0 Å². The summed E-state index contributed by atoms with van der Waals surface area (Å²) in [5.41, 5.74) is -0.0988. The third-order valence-electron chi connectivity index (χ3n) is 4.65. The van der Waals surface area contributed by atoms with Crippen molar-refractivity contribution < 1.29 is 19.4 Å². The largest absolute Gasteiger partial charge is 0.459 e. The van der Waals surface area contributed by atoms with E-state index in [1.165, 1.54) is 0 Å². The molecule has 134 valence electrons. The minimum Gasteiger partial charge on any atom is -0.459 e. The Morgan fingerprint density at radius 2 is 1.92 bits per heavy atom. The molecule has 1 aromatic rings. The van der Waals surface area contributed by atoms with Crippen LogP contribution in [0.4, 0.5) is 0 Å². The van der Waals surface area contributed by atoms with E-state index < -0.39 is 11.0 Å². The van der Waals surface area contributed by atoms with Crippen molar-refractivity contribution in [1.29, 1.82) is 0 Å². The van der Waals surface area contributed by atoms with Gasteiger partial charge in [-0.15, -0.1) is 0 Å². The highest BCUT2D eigenvalue weighted by molar-refractivity contribution is 5.75. The van der Waals surface area contributed by atoms with Crippen LogP contribution in [-0.4, -0.2) is 28.9 Å². The summed E-state index contributed by atoms with van der Waals surface area (Å²) in [7, 11) is 0. The number of rotatable bonds is 7. The van der Waals surface area contributed by atoms with E-state index in [0.29, 0.717) is 13.0 Å². The molecule has 4 heteroatoms. The van der Waals surface area contributed by atoms with Gasteiger partial charge in [0.05, 0.1) is 23.7 Å². The van der Waals surface area contributed by atoms with E-state index in [1.807, 2.05) is 65.0 Å². The summed E-state index contributed by atoms with van der Waals surface area (Å²) < 4.78 is 11.7. The van der Waals surface area contributed by atoms with Crippen LogP contribution in [0.3, 0.4) is 0 Å². The smallest absolute Gasteiger partial charge is 0.311 e. The second-order valence-corrected chi connectivity index (χ2v) is 8.19. The molecule has 0 aromatic heterocycles. The van der Waals surface area contributed by atoms with Gasteiger partial charge in [0.2, 0.25) is 0 Å². The summed E-state index contributed by atoms with van der Waals surface area (Å²) in [6.07, 6.45) is 0.805. The molecular weight excluding hydrogens is 304 g/mol. The van der Waals surface area contributed by atoms with Gasteiger partial charge in [-0.3, -0.25) is 4.79 Å². The average Bonchev–Trinajstić information content (AvgIpc) is 3.10. The Balaban J connectivity index is 1.96. The number of ether oxygens (including phenoxy) is 2. The summed E-state index contributed by atoms with van der Waals surface area (Å²) in [6.45, 7) is 9.77. The zero-order chi connectivity index (χ0) is 18.0. The number of carbonyl (C=O) groups excluding carboxylic acids is 1. The second-order valence-electron chi connectivity index (χ2n) is 8.19. The summed E-state index contributed by atoms with van der Waals surface area (Å²) in [4.78, 5) is 12.3. The molecule has 0 amide bonds. The van der Waals surface area contributed by atoms with Crippen molar-refractivity contribution >= 4 is 5.97 Å². The lowest BCUT2D eigenvalue weighted by Crippen LogP contribution is -2.36. The number of aliphatic hydroxyl groups is 1. The highest BCUT2D eigenvalue weighted by atomic mass is 16.6. The van der Waals surface area contributed by atoms with Crippen molar-refractivity contribution in [2.45, 2.75) is 71.9 Å². The Morgan fingerprint density at radius 3 is 2.42 bits per heavy atom. The summed E-state index contributed by atoms with van der Waals surface area (Å²) in [5.74, 6) is -0.0685. The molecule has 1 aromatic carbocycles. The van der Waals surface area contributed by atoms with Gasteiger partial charge in [0.1, 0.15) is 6.10 Å². The van der Waals surface area contributed by atoms with Gasteiger partial charge in [0.25, 0.3) is 0 Å². The normalized spacial score (nSPS) is 25.8. The maximum Gasteiger partial charge on any atom is 0.311 e. The molecule has 4 nitrogen and oxygen atoms in total. The van der Waals surface area contributed by atoms with Crippen molar-refractivity contribution in [3.05, 3.63) is 35.9 Å². The van der Waals surface area contributed by atoms with Crippen LogP contribution in [-0.2, 0) is 20.9 Å². The highest BCUT2D eigenvalue weighted by Crippen LogP contribution is 2.46. The lowest BCUT2D eigenvalue weighted by Gasteiger charge is -2.28. The summed E-state index contributed by atoms with van der Waals surface area (Å²) >= 11 is 0. The third kappa shape index (κ3) is 5.32. The Kier molecular flexibility index (Phi) is 5.71. The molecule has 1 aliphatic rings. The van der Waals surface area contributed by atoms with Crippen LogP contribution >= 0.6 is 0 Å². The van der Waals surface area contributed by atoms with Gasteiger partial charge in [0, 0.05) is 0 Å². The quantitative estimate of drug-likeness (QED) is 0.772. The van der Waals surface area contributed by atoms with Crippen LogP contribution in [0.2, 0.25) is 0 Å². The molecule has 0 saturated heterocycles. The predicted molar refractivity (Wildman–Crippen MR) is 93.4 cm³/mol. The van der Waals surface area contributed by atoms with E-state index in [-0.39, 0.29) is 24.1 Å². The fourth-order valence-corrected chi connectivity index (χ4v) is 2.62. The molecule has 2 rings (SSSR count). The van der Waals surface area contributed by atoms with Crippen LogP contribution in [0.1, 0.15) is 53.0 Å².